The van der Waals surface area contributed by atoms with Crippen LogP contribution in [0.25, 0.3) is 0 Å². The molecule has 1 heterocycles. The zero-order chi connectivity index (χ0) is 28.1. The predicted molar refractivity (Wildman–Crippen MR) is 154 cm³/mol. The number of carbonyl (C=O) groups is 3. The lowest BCUT2D eigenvalue weighted by Crippen LogP contribution is -2.52. The predicted octanol–water partition coefficient (Wildman–Crippen LogP) is 4.42. The molecule has 3 aromatic rings. The number of likely N-dealkylation sites (tertiary alicyclic amines) is 1. The van der Waals surface area contributed by atoms with Crippen molar-refractivity contribution < 1.29 is 19.1 Å². The van der Waals surface area contributed by atoms with E-state index in [1.54, 1.807) is 19.2 Å². The number of amides is 3. The molecule has 1 aliphatic heterocycles. The molecule has 7 heteroatoms. The Hall–Kier alpha value is -4.13. The van der Waals surface area contributed by atoms with Gasteiger partial charge >= 0.3 is 0 Å². The monoisotopic (exact) mass is 539 g/mol. The van der Waals surface area contributed by atoms with Crippen molar-refractivity contribution >= 4 is 17.7 Å². The van der Waals surface area contributed by atoms with Crippen LogP contribution in [0.1, 0.15) is 65.6 Å². The van der Waals surface area contributed by atoms with Gasteiger partial charge in [0.05, 0.1) is 24.0 Å². The van der Waals surface area contributed by atoms with Crippen molar-refractivity contribution in [2.75, 3.05) is 26.7 Å². The summed E-state index contributed by atoms with van der Waals surface area (Å²) in [5, 5.41) is 6.18. The molecule has 0 bridgehead atoms. The summed E-state index contributed by atoms with van der Waals surface area (Å²) < 4.78 is 5.35. The third-order valence-corrected chi connectivity index (χ3v) is 8.31. The molecule has 2 N–H and O–H groups in total. The fourth-order valence-corrected chi connectivity index (χ4v) is 6.41. The van der Waals surface area contributed by atoms with Crippen LogP contribution in [0.15, 0.2) is 78.9 Å². The molecule has 0 saturated carbocycles. The minimum Gasteiger partial charge on any atom is -0.496 e. The summed E-state index contributed by atoms with van der Waals surface area (Å²) in [6.07, 6.45) is 2.72. The number of piperidine rings is 1. The Balaban J connectivity index is 1.39. The fourth-order valence-electron chi connectivity index (χ4n) is 6.41. The smallest absolute Gasteiger partial charge is 0.255 e. The standard InChI is InChI=1S/C33H37N3O4/c1-3-34-32(39)33(23-12-5-4-6-13-23)20-19-26(25-15-7-9-17-28(25)33)31(38)36-21-11-14-24(22-36)35-30(37)27-16-8-10-18-29(27)40-2/h4-10,12-13,15-18,24,26H,3,11,14,19-22H2,1-2H3,(H,34,39)(H,35,37)/t24?,26-,33+/m1/s1. The first-order chi connectivity index (χ1) is 19.5. The SMILES string of the molecule is CCNC(=O)[C@]1(c2ccccc2)CC[C@@H](C(=O)N2CCCC(NC(=O)c3ccccc3OC)C2)c2ccccc21. The number of fused-ring (bicyclic) bond motifs is 1. The number of ether oxygens (including phenoxy) is 1. The molecule has 3 amide bonds. The number of likely N-dealkylation sites (N-methyl/N-ethyl adjacent to an activating group) is 1. The Morgan fingerprint density at radius 2 is 1.68 bits per heavy atom. The molecule has 1 unspecified atom stereocenters. The van der Waals surface area contributed by atoms with Crippen LogP contribution in [-0.4, -0.2) is 55.4 Å². The molecule has 1 fully saturated rings. The summed E-state index contributed by atoms with van der Waals surface area (Å²) in [4.78, 5) is 42.7. The lowest BCUT2D eigenvalue weighted by atomic mass is 9.62. The maximum Gasteiger partial charge on any atom is 0.255 e. The summed E-state index contributed by atoms with van der Waals surface area (Å²) in [7, 11) is 1.55. The summed E-state index contributed by atoms with van der Waals surface area (Å²) in [6.45, 7) is 3.57. The molecule has 3 atom stereocenters. The third kappa shape index (κ3) is 5.08. The molecular weight excluding hydrogens is 502 g/mol. The Kier molecular flexibility index (Phi) is 8.19. The molecular formula is C33H37N3O4. The maximum absolute atomic E-state index is 14.1. The van der Waals surface area contributed by atoms with Gasteiger partial charge in [-0.05, 0) is 61.4 Å². The summed E-state index contributed by atoms with van der Waals surface area (Å²) in [5.41, 5.74) is 2.38. The van der Waals surface area contributed by atoms with Crippen molar-refractivity contribution in [3.8, 4) is 5.75 Å². The van der Waals surface area contributed by atoms with Crippen LogP contribution in [0.3, 0.4) is 0 Å². The number of benzene rings is 3. The van der Waals surface area contributed by atoms with Gasteiger partial charge in [0.1, 0.15) is 5.75 Å². The highest BCUT2D eigenvalue weighted by molar-refractivity contribution is 5.97. The van der Waals surface area contributed by atoms with E-state index in [2.05, 4.69) is 10.6 Å². The number of nitrogens with zero attached hydrogens (tertiary/aromatic N) is 1. The van der Waals surface area contributed by atoms with E-state index in [-0.39, 0.29) is 29.7 Å². The highest BCUT2D eigenvalue weighted by atomic mass is 16.5. The molecule has 208 valence electrons. The van der Waals surface area contributed by atoms with Crippen molar-refractivity contribution in [2.24, 2.45) is 0 Å². The Morgan fingerprint density at radius 1 is 0.950 bits per heavy atom. The minimum absolute atomic E-state index is 0.0309. The van der Waals surface area contributed by atoms with Crippen molar-refractivity contribution in [2.45, 2.75) is 50.0 Å². The quantitative estimate of drug-likeness (QED) is 0.466. The average molecular weight is 540 g/mol. The van der Waals surface area contributed by atoms with Crippen LogP contribution < -0.4 is 15.4 Å². The zero-order valence-electron chi connectivity index (χ0n) is 23.2. The van der Waals surface area contributed by atoms with Gasteiger partial charge in [-0.25, -0.2) is 0 Å². The highest BCUT2D eigenvalue weighted by Gasteiger charge is 2.48. The molecule has 3 aromatic carbocycles. The second-order valence-corrected chi connectivity index (χ2v) is 10.6. The largest absolute Gasteiger partial charge is 0.496 e. The molecule has 1 saturated heterocycles. The van der Waals surface area contributed by atoms with Gasteiger partial charge in [0, 0.05) is 25.7 Å². The van der Waals surface area contributed by atoms with Gasteiger partial charge in [0.25, 0.3) is 5.91 Å². The second-order valence-electron chi connectivity index (χ2n) is 10.6. The van der Waals surface area contributed by atoms with Crippen molar-refractivity contribution in [1.29, 1.82) is 0 Å². The van der Waals surface area contributed by atoms with E-state index in [0.29, 0.717) is 43.8 Å². The first-order valence-corrected chi connectivity index (χ1v) is 14.2. The number of rotatable bonds is 7. The van der Waals surface area contributed by atoms with Gasteiger partial charge in [-0.1, -0.05) is 66.7 Å². The van der Waals surface area contributed by atoms with Crippen LogP contribution in [0, 0.1) is 0 Å². The highest BCUT2D eigenvalue weighted by Crippen LogP contribution is 2.48. The van der Waals surface area contributed by atoms with Gasteiger partial charge in [0.2, 0.25) is 11.8 Å². The van der Waals surface area contributed by atoms with E-state index in [1.807, 2.05) is 78.6 Å². The Bertz CT molecular complexity index is 1370. The van der Waals surface area contributed by atoms with E-state index in [1.165, 1.54) is 0 Å². The van der Waals surface area contributed by atoms with Crippen LogP contribution in [0.5, 0.6) is 5.75 Å². The van der Waals surface area contributed by atoms with E-state index >= 15 is 0 Å². The van der Waals surface area contributed by atoms with Crippen LogP contribution >= 0.6 is 0 Å². The second kappa shape index (κ2) is 11.9. The summed E-state index contributed by atoms with van der Waals surface area (Å²) >= 11 is 0. The lowest BCUT2D eigenvalue weighted by Gasteiger charge is -2.43. The molecule has 0 aromatic heterocycles. The molecule has 40 heavy (non-hydrogen) atoms. The van der Waals surface area contributed by atoms with E-state index < -0.39 is 5.41 Å². The molecule has 7 nitrogen and oxygen atoms in total. The number of nitrogens with one attached hydrogen (secondary N) is 2. The van der Waals surface area contributed by atoms with E-state index in [4.69, 9.17) is 4.74 Å². The zero-order valence-corrected chi connectivity index (χ0v) is 23.2. The Labute approximate surface area is 235 Å². The first-order valence-electron chi connectivity index (χ1n) is 14.2. The number of para-hydroxylation sites is 1. The number of hydrogen-bond acceptors (Lipinski definition) is 4. The summed E-state index contributed by atoms with van der Waals surface area (Å²) in [5.74, 6) is 0.00919. The topological polar surface area (TPSA) is 87.7 Å². The van der Waals surface area contributed by atoms with Crippen molar-refractivity contribution in [1.82, 2.24) is 15.5 Å². The number of hydrogen-bond donors (Lipinski definition) is 2. The van der Waals surface area contributed by atoms with Gasteiger partial charge in [-0.2, -0.15) is 0 Å². The maximum atomic E-state index is 14.1. The third-order valence-electron chi connectivity index (χ3n) is 8.31. The van der Waals surface area contributed by atoms with Crippen molar-refractivity contribution in [3.05, 3.63) is 101 Å². The van der Waals surface area contributed by atoms with E-state index in [9.17, 15) is 14.4 Å². The normalized spacial score (nSPS) is 22.1. The summed E-state index contributed by atoms with van der Waals surface area (Å²) in [6, 6.07) is 24.8. The minimum atomic E-state index is -0.849. The first kappa shape index (κ1) is 27.4. The van der Waals surface area contributed by atoms with Gasteiger partial charge < -0.3 is 20.3 Å². The van der Waals surface area contributed by atoms with Crippen LogP contribution in [0.2, 0.25) is 0 Å². The molecule has 0 spiro atoms. The average Bonchev–Trinajstić information content (AvgIpc) is 3.00. The van der Waals surface area contributed by atoms with Gasteiger partial charge in [-0.3, -0.25) is 14.4 Å². The molecule has 5 rings (SSSR count). The fraction of sp³-hybridized carbons (Fsp3) is 0.364. The lowest BCUT2D eigenvalue weighted by molar-refractivity contribution is -0.135. The van der Waals surface area contributed by atoms with Crippen LogP contribution in [0.4, 0.5) is 0 Å². The molecule has 2 aliphatic rings. The Morgan fingerprint density at radius 3 is 2.45 bits per heavy atom. The van der Waals surface area contributed by atoms with Crippen LogP contribution in [-0.2, 0) is 15.0 Å². The number of carbonyl (C=O) groups excluding carboxylic acids is 3. The van der Waals surface area contributed by atoms with Gasteiger partial charge in [-0.15, -0.1) is 0 Å². The molecule has 1 aliphatic carbocycles. The van der Waals surface area contributed by atoms with Crippen molar-refractivity contribution in [3.63, 3.8) is 0 Å². The van der Waals surface area contributed by atoms with E-state index in [0.717, 1.165) is 29.5 Å². The molecule has 0 radical (unpaired) electrons. The number of methoxy groups -OCH3 is 1. The van der Waals surface area contributed by atoms with Gasteiger partial charge in [0.15, 0.2) is 0 Å².